The van der Waals surface area contributed by atoms with Crippen molar-refractivity contribution in [2.24, 2.45) is 0 Å². The lowest BCUT2D eigenvalue weighted by atomic mass is 10.2. The van der Waals surface area contributed by atoms with Crippen LogP contribution in [0.3, 0.4) is 0 Å². The van der Waals surface area contributed by atoms with E-state index in [1.165, 1.54) is 12.3 Å². The number of nitrogens with zero attached hydrogens (tertiary/aromatic N) is 5. The molecule has 7 nitrogen and oxygen atoms in total. The van der Waals surface area contributed by atoms with Gasteiger partial charge in [0.15, 0.2) is 17.1 Å². The molecule has 164 valence electrons. The number of hydrogen-bond acceptors (Lipinski definition) is 5. The highest BCUT2D eigenvalue weighted by atomic mass is 19.4. The number of piperazine rings is 1. The zero-order valence-electron chi connectivity index (χ0n) is 16.8. The quantitative estimate of drug-likeness (QED) is 0.481. The number of benzene rings is 1. The van der Waals surface area contributed by atoms with Gasteiger partial charge in [-0.05, 0) is 30.3 Å². The highest BCUT2D eigenvalue weighted by molar-refractivity contribution is 6.00. The van der Waals surface area contributed by atoms with Crippen LogP contribution in [-0.4, -0.2) is 51.6 Å². The molecule has 0 saturated carbocycles. The number of carbonyl (C=O) groups excluding carboxylic acids is 1. The number of amides is 1. The van der Waals surface area contributed by atoms with E-state index in [9.17, 15) is 18.0 Å². The SMILES string of the molecule is O=C(c1cnn2c(C(F)(F)F)cc(-c3ccco3)nc12)N1CCN(c2ccccc2)CC1. The molecule has 10 heteroatoms. The van der Waals surface area contributed by atoms with Crippen molar-refractivity contribution in [1.29, 1.82) is 0 Å². The van der Waals surface area contributed by atoms with Gasteiger partial charge in [-0.15, -0.1) is 0 Å². The fourth-order valence-corrected chi connectivity index (χ4v) is 3.84. The molecule has 0 bridgehead atoms. The van der Waals surface area contributed by atoms with Crippen LogP contribution in [0.25, 0.3) is 17.1 Å². The van der Waals surface area contributed by atoms with Gasteiger partial charge >= 0.3 is 6.18 Å². The number of fused-ring (bicyclic) bond motifs is 1. The van der Waals surface area contributed by atoms with Crippen molar-refractivity contribution in [3.8, 4) is 11.5 Å². The molecule has 4 heterocycles. The van der Waals surface area contributed by atoms with Crippen LogP contribution in [0.15, 0.2) is 65.4 Å². The summed E-state index contributed by atoms with van der Waals surface area (Å²) in [5.74, 6) is -0.223. The van der Waals surface area contributed by atoms with Crippen LogP contribution in [0.4, 0.5) is 18.9 Å². The number of para-hydroxylation sites is 1. The smallest absolute Gasteiger partial charge is 0.433 e. The minimum Gasteiger partial charge on any atom is -0.463 e. The molecule has 0 radical (unpaired) electrons. The molecule has 32 heavy (non-hydrogen) atoms. The predicted molar refractivity (Wildman–Crippen MR) is 110 cm³/mol. The van der Waals surface area contributed by atoms with E-state index >= 15 is 0 Å². The van der Waals surface area contributed by atoms with Gasteiger partial charge in [0.25, 0.3) is 5.91 Å². The number of anilines is 1. The van der Waals surface area contributed by atoms with Gasteiger partial charge < -0.3 is 14.2 Å². The number of hydrogen-bond donors (Lipinski definition) is 0. The second kappa shape index (κ2) is 7.70. The van der Waals surface area contributed by atoms with E-state index < -0.39 is 17.8 Å². The molecule has 5 rings (SSSR count). The largest absolute Gasteiger partial charge is 0.463 e. The molecule has 1 fully saturated rings. The predicted octanol–water partition coefficient (Wildman–Crippen LogP) is 3.97. The summed E-state index contributed by atoms with van der Waals surface area (Å²) in [4.78, 5) is 21.2. The van der Waals surface area contributed by atoms with Crippen molar-refractivity contribution in [2.75, 3.05) is 31.1 Å². The lowest BCUT2D eigenvalue weighted by Gasteiger charge is -2.36. The highest BCUT2D eigenvalue weighted by Gasteiger charge is 2.36. The lowest BCUT2D eigenvalue weighted by molar-refractivity contribution is -0.142. The zero-order chi connectivity index (χ0) is 22.3. The van der Waals surface area contributed by atoms with Crippen molar-refractivity contribution in [1.82, 2.24) is 19.5 Å². The third-order valence-electron chi connectivity index (χ3n) is 5.45. The molecule has 0 atom stereocenters. The number of halogens is 3. The van der Waals surface area contributed by atoms with Crippen molar-refractivity contribution >= 4 is 17.2 Å². The molecule has 1 aliphatic heterocycles. The van der Waals surface area contributed by atoms with Crippen LogP contribution < -0.4 is 4.90 Å². The van der Waals surface area contributed by atoms with Crippen molar-refractivity contribution < 1.29 is 22.4 Å². The Labute approximate surface area is 180 Å². The third-order valence-corrected chi connectivity index (χ3v) is 5.45. The Morgan fingerprint density at radius 3 is 2.41 bits per heavy atom. The van der Waals surface area contributed by atoms with Gasteiger partial charge in [-0.25, -0.2) is 9.50 Å². The first-order valence-corrected chi connectivity index (χ1v) is 10.0. The van der Waals surface area contributed by atoms with Crippen molar-refractivity contribution in [3.63, 3.8) is 0 Å². The Kier molecular flexibility index (Phi) is 4.84. The minimum atomic E-state index is -4.68. The van der Waals surface area contributed by atoms with Gasteiger partial charge in [0, 0.05) is 31.9 Å². The topological polar surface area (TPSA) is 66.9 Å². The fraction of sp³-hybridized carbons (Fsp3) is 0.227. The average molecular weight is 441 g/mol. The Balaban J connectivity index is 1.47. The summed E-state index contributed by atoms with van der Waals surface area (Å²) in [5, 5.41) is 3.83. The average Bonchev–Trinajstić information content (AvgIpc) is 3.48. The first kappa shape index (κ1) is 20.1. The lowest BCUT2D eigenvalue weighted by Crippen LogP contribution is -2.48. The fourth-order valence-electron chi connectivity index (χ4n) is 3.84. The monoisotopic (exact) mass is 441 g/mol. The molecular formula is C22H18F3N5O2. The molecule has 0 unspecified atom stereocenters. The van der Waals surface area contributed by atoms with E-state index in [-0.39, 0.29) is 22.7 Å². The first-order chi connectivity index (χ1) is 15.4. The van der Waals surface area contributed by atoms with E-state index in [0.717, 1.165) is 18.0 Å². The molecule has 1 aliphatic rings. The maximum atomic E-state index is 13.7. The van der Waals surface area contributed by atoms with Crippen molar-refractivity contribution in [3.05, 3.63) is 72.2 Å². The standard InChI is InChI=1S/C22H18F3N5O2/c23-22(24,25)19-13-17(18-7-4-12-32-18)27-20-16(14-26-30(19)20)21(31)29-10-8-28(9-11-29)15-5-2-1-3-6-15/h1-7,12-14H,8-11H2. The van der Waals surface area contributed by atoms with Crippen LogP contribution in [0.1, 0.15) is 16.1 Å². The van der Waals surface area contributed by atoms with Crippen molar-refractivity contribution in [2.45, 2.75) is 6.18 Å². The summed E-state index contributed by atoms with van der Waals surface area (Å²) in [6.45, 7) is 2.12. The van der Waals surface area contributed by atoms with Crippen LogP contribution in [0, 0.1) is 0 Å². The molecule has 1 saturated heterocycles. The number of aromatic nitrogens is 3. The second-order valence-electron chi connectivity index (χ2n) is 7.41. The summed E-state index contributed by atoms with van der Waals surface area (Å²) >= 11 is 0. The summed E-state index contributed by atoms with van der Waals surface area (Å²) in [7, 11) is 0. The third kappa shape index (κ3) is 3.57. The molecule has 1 amide bonds. The van der Waals surface area contributed by atoms with Gasteiger partial charge in [-0.1, -0.05) is 18.2 Å². The van der Waals surface area contributed by atoms with Crippen LogP contribution in [-0.2, 0) is 6.18 Å². The van der Waals surface area contributed by atoms with Gasteiger partial charge in [0.1, 0.15) is 11.3 Å². The number of rotatable bonds is 3. The Hall–Kier alpha value is -3.82. The highest BCUT2D eigenvalue weighted by Crippen LogP contribution is 2.33. The van der Waals surface area contributed by atoms with Crippen LogP contribution in [0.5, 0.6) is 0 Å². The van der Waals surface area contributed by atoms with E-state index in [1.54, 1.807) is 11.0 Å². The minimum absolute atomic E-state index is 0.0155. The molecule has 4 aromatic rings. The summed E-state index contributed by atoms with van der Waals surface area (Å²) in [6.07, 6.45) is -2.19. The number of furan rings is 1. The Morgan fingerprint density at radius 2 is 1.75 bits per heavy atom. The molecular weight excluding hydrogens is 423 g/mol. The first-order valence-electron chi connectivity index (χ1n) is 10.0. The summed E-state index contributed by atoms with van der Waals surface area (Å²) in [5.41, 5.74) is -0.103. The summed E-state index contributed by atoms with van der Waals surface area (Å²) in [6, 6.07) is 13.8. The molecule has 3 aromatic heterocycles. The Bertz CT molecular complexity index is 1240. The van der Waals surface area contributed by atoms with Crippen LogP contribution in [0.2, 0.25) is 0 Å². The molecule has 0 spiro atoms. The van der Waals surface area contributed by atoms with Crippen LogP contribution >= 0.6 is 0 Å². The van der Waals surface area contributed by atoms with Gasteiger partial charge in [0.05, 0.1) is 12.5 Å². The molecule has 0 aliphatic carbocycles. The van der Waals surface area contributed by atoms with E-state index in [2.05, 4.69) is 15.0 Å². The maximum absolute atomic E-state index is 13.7. The second-order valence-corrected chi connectivity index (χ2v) is 7.41. The van der Waals surface area contributed by atoms with Gasteiger partial charge in [0.2, 0.25) is 0 Å². The number of carbonyl (C=O) groups is 1. The van der Waals surface area contributed by atoms with E-state index in [0.29, 0.717) is 30.7 Å². The van der Waals surface area contributed by atoms with Gasteiger partial charge in [-0.2, -0.15) is 18.3 Å². The van der Waals surface area contributed by atoms with Gasteiger partial charge in [-0.3, -0.25) is 4.79 Å². The maximum Gasteiger partial charge on any atom is 0.433 e. The van der Waals surface area contributed by atoms with E-state index in [4.69, 9.17) is 4.42 Å². The molecule has 0 N–H and O–H groups in total. The number of alkyl halides is 3. The van der Waals surface area contributed by atoms with E-state index in [1.807, 2.05) is 30.3 Å². The normalized spacial score (nSPS) is 14.8. The molecule has 1 aromatic carbocycles. The zero-order valence-corrected chi connectivity index (χ0v) is 16.8. The summed E-state index contributed by atoms with van der Waals surface area (Å²) < 4.78 is 47.0. The Morgan fingerprint density at radius 1 is 1.00 bits per heavy atom.